The van der Waals surface area contributed by atoms with Gasteiger partial charge in [-0.05, 0) is 64.6 Å². The van der Waals surface area contributed by atoms with Gasteiger partial charge in [0.05, 0.1) is 12.1 Å². The van der Waals surface area contributed by atoms with Crippen LogP contribution < -0.4 is 10.6 Å². The Morgan fingerprint density at radius 2 is 1.88 bits per heavy atom. The van der Waals surface area contributed by atoms with Crippen LogP contribution >= 0.6 is 0 Å². The lowest BCUT2D eigenvalue weighted by atomic mass is 9.85. The molecule has 0 atom stereocenters. The van der Waals surface area contributed by atoms with E-state index < -0.39 is 5.60 Å². The van der Waals surface area contributed by atoms with E-state index in [4.69, 9.17) is 0 Å². The van der Waals surface area contributed by atoms with Crippen LogP contribution in [0.1, 0.15) is 65.2 Å². The van der Waals surface area contributed by atoms with Gasteiger partial charge in [-0.25, -0.2) is 0 Å². The third-order valence-electron chi connectivity index (χ3n) is 5.48. The maximum absolute atomic E-state index is 10.6. The standard InChI is InChI=1S/C19H38N4O/c1-3-20-18(22-16-19(24)10-5-4-6-11-19)21-12-7-13-23-14-8-17(2)9-15-23/h17,24H,3-16H2,1-2H3,(H2,20,21,22). The average Bonchev–Trinajstić information content (AvgIpc) is 2.59. The van der Waals surface area contributed by atoms with Gasteiger partial charge < -0.3 is 20.6 Å². The van der Waals surface area contributed by atoms with Crippen molar-refractivity contribution in [2.75, 3.05) is 39.3 Å². The van der Waals surface area contributed by atoms with Gasteiger partial charge in [0, 0.05) is 13.1 Å². The number of likely N-dealkylation sites (tertiary alicyclic amines) is 1. The fraction of sp³-hybridized carbons (Fsp3) is 0.947. The van der Waals surface area contributed by atoms with Crippen LogP contribution in [0.3, 0.4) is 0 Å². The van der Waals surface area contributed by atoms with Crippen LogP contribution in [-0.2, 0) is 0 Å². The maximum atomic E-state index is 10.6. The Labute approximate surface area is 148 Å². The second-order valence-electron chi connectivity index (χ2n) is 7.78. The van der Waals surface area contributed by atoms with E-state index in [9.17, 15) is 5.11 Å². The number of nitrogens with zero attached hydrogens (tertiary/aromatic N) is 2. The second-order valence-corrected chi connectivity index (χ2v) is 7.78. The summed E-state index contributed by atoms with van der Waals surface area (Å²) in [5, 5.41) is 17.3. The Bertz CT molecular complexity index is 372. The van der Waals surface area contributed by atoms with Crippen LogP contribution in [0.15, 0.2) is 4.99 Å². The van der Waals surface area contributed by atoms with Crippen molar-refractivity contribution >= 4 is 5.96 Å². The molecule has 0 amide bonds. The molecular weight excluding hydrogens is 300 g/mol. The molecule has 2 rings (SSSR count). The molecule has 0 radical (unpaired) electrons. The smallest absolute Gasteiger partial charge is 0.191 e. The first-order chi connectivity index (χ1) is 11.6. The molecule has 2 fully saturated rings. The lowest BCUT2D eigenvalue weighted by Gasteiger charge is -2.31. The normalized spacial score (nSPS) is 23.2. The number of nitrogens with one attached hydrogen (secondary N) is 2. The zero-order chi connectivity index (χ0) is 17.3. The van der Waals surface area contributed by atoms with Gasteiger partial charge in [0.2, 0.25) is 0 Å². The van der Waals surface area contributed by atoms with Crippen molar-refractivity contribution in [1.82, 2.24) is 15.5 Å². The van der Waals surface area contributed by atoms with Crippen molar-refractivity contribution in [2.24, 2.45) is 10.9 Å². The molecule has 0 unspecified atom stereocenters. The van der Waals surface area contributed by atoms with E-state index in [1.807, 2.05) is 0 Å². The fourth-order valence-electron chi connectivity index (χ4n) is 3.73. The summed E-state index contributed by atoms with van der Waals surface area (Å²) in [6.07, 6.45) is 9.12. The van der Waals surface area contributed by atoms with E-state index in [0.717, 1.165) is 57.1 Å². The highest BCUT2D eigenvalue weighted by Gasteiger charge is 2.28. The number of aliphatic imine (C=N–C) groups is 1. The Hall–Kier alpha value is -0.810. The molecule has 3 N–H and O–H groups in total. The number of hydrogen-bond acceptors (Lipinski definition) is 3. The Morgan fingerprint density at radius 1 is 1.17 bits per heavy atom. The van der Waals surface area contributed by atoms with Crippen LogP contribution in [0, 0.1) is 5.92 Å². The molecule has 0 aromatic rings. The lowest BCUT2D eigenvalue weighted by molar-refractivity contribution is 0.0131. The van der Waals surface area contributed by atoms with Gasteiger partial charge in [-0.1, -0.05) is 26.2 Å². The summed E-state index contributed by atoms with van der Waals surface area (Å²) in [6, 6.07) is 0. The first kappa shape index (κ1) is 19.5. The quantitative estimate of drug-likeness (QED) is 0.379. The van der Waals surface area contributed by atoms with Gasteiger partial charge in [-0.2, -0.15) is 0 Å². The zero-order valence-electron chi connectivity index (χ0n) is 15.8. The Kier molecular flexibility index (Phi) is 8.33. The van der Waals surface area contributed by atoms with Gasteiger partial charge in [-0.15, -0.1) is 0 Å². The van der Waals surface area contributed by atoms with Crippen molar-refractivity contribution in [3.05, 3.63) is 0 Å². The van der Waals surface area contributed by atoms with E-state index in [1.165, 1.54) is 38.9 Å². The molecule has 1 aliphatic heterocycles. The number of guanidine groups is 1. The Balaban J connectivity index is 1.67. The minimum atomic E-state index is -0.578. The lowest BCUT2D eigenvalue weighted by Crippen LogP contribution is -2.42. The minimum absolute atomic E-state index is 0.520. The van der Waals surface area contributed by atoms with Crippen LogP contribution in [-0.4, -0.2) is 60.8 Å². The predicted molar refractivity (Wildman–Crippen MR) is 101 cm³/mol. The van der Waals surface area contributed by atoms with Crippen LogP contribution in [0.5, 0.6) is 0 Å². The topological polar surface area (TPSA) is 59.9 Å². The molecule has 0 bridgehead atoms. The van der Waals surface area contributed by atoms with Crippen molar-refractivity contribution < 1.29 is 5.11 Å². The molecule has 1 heterocycles. The fourth-order valence-corrected chi connectivity index (χ4v) is 3.73. The zero-order valence-corrected chi connectivity index (χ0v) is 15.8. The van der Waals surface area contributed by atoms with Crippen LogP contribution in [0.4, 0.5) is 0 Å². The highest BCUT2D eigenvalue weighted by Crippen LogP contribution is 2.28. The van der Waals surface area contributed by atoms with Gasteiger partial charge in [0.1, 0.15) is 0 Å². The number of hydrogen-bond donors (Lipinski definition) is 3. The molecule has 5 nitrogen and oxygen atoms in total. The molecule has 1 aliphatic carbocycles. The first-order valence-corrected chi connectivity index (χ1v) is 10.1. The predicted octanol–water partition coefficient (Wildman–Crippen LogP) is 2.36. The molecule has 24 heavy (non-hydrogen) atoms. The summed E-state index contributed by atoms with van der Waals surface area (Å²) in [6.45, 7) is 10.4. The highest BCUT2D eigenvalue weighted by molar-refractivity contribution is 5.79. The van der Waals surface area contributed by atoms with Crippen LogP contribution in [0.2, 0.25) is 0 Å². The summed E-state index contributed by atoms with van der Waals surface area (Å²) in [5.74, 6) is 1.75. The SMILES string of the molecule is CCNC(=NCC1(O)CCCCC1)NCCCN1CCC(C)CC1. The third kappa shape index (κ3) is 6.98. The van der Waals surface area contributed by atoms with Gasteiger partial charge in [0.25, 0.3) is 0 Å². The number of rotatable bonds is 7. The molecule has 1 saturated carbocycles. The van der Waals surface area contributed by atoms with Crippen molar-refractivity contribution in [2.45, 2.75) is 70.8 Å². The van der Waals surface area contributed by atoms with E-state index in [2.05, 4.69) is 34.4 Å². The highest BCUT2D eigenvalue weighted by atomic mass is 16.3. The van der Waals surface area contributed by atoms with E-state index in [0.29, 0.717) is 6.54 Å². The average molecular weight is 339 g/mol. The molecular formula is C19H38N4O. The molecule has 2 aliphatic rings. The summed E-state index contributed by atoms with van der Waals surface area (Å²) in [4.78, 5) is 7.21. The molecule has 5 heteroatoms. The molecule has 0 spiro atoms. The van der Waals surface area contributed by atoms with E-state index in [-0.39, 0.29) is 0 Å². The first-order valence-electron chi connectivity index (χ1n) is 10.1. The Morgan fingerprint density at radius 3 is 2.54 bits per heavy atom. The van der Waals surface area contributed by atoms with Crippen molar-refractivity contribution in [3.8, 4) is 0 Å². The molecule has 0 aromatic carbocycles. The summed E-state index contributed by atoms with van der Waals surface area (Å²) in [7, 11) is 0. The van der Waals surface area contributed by atoms with E-state index in [1.54, 1.807) is 0 Å². The van der Waals surface area contributed by atoms with E-state index >= 15 is 0 Å². The monoisotopic (exact) mass is 338 g/mol. The molecule has 1 saturated heterocycles. The van der Waals surface area contributed by atoms with Crippen molar-refractivity contribution in [1.29, 1.82) is 0 Å². The summed E-state index contributed by atoms with van der Waals surface area (Å²) in [5.41, 5.74) is -0.578. The second kappa shape index (κ2) is 10.2. The van der Waals surface area contributed by atoms with Crippen molar-refractivity contribution in [3.63, 3.8) is 0 Å². The minimum Gasteiger partial charge on any atom is -0.388 e. The maximum Gasteiger partial charge on any atom is 0.191 e. The number of piperidine rings is 1. The molecule has 0 aromatic heterocycles. The van der Waals surface area contributed by atoms with Gasteiger partial charge >= 0.3 is 0 Å². The summed E-state index contributed by atoms with van der Waals surface area (Å²) >= 11 is 0. The largest absolute Gasteiger partial charge is 0.388 e. The van der Waals surface area contributed by atoms with Gasteiger partial charge in [-0.3, -0.25) is 4.99 Å². The molecule has 140 valence electrons. The van der Waals surface area contributed by atoms with Crippen LogP contribution in [0.25, 0.3) is 0 Å². The summed E-state index contributed by atoms with van der Waals surface area (Å²) < 4.78 is 0. The number of aliphatic hydroxyl groups is 1. The third-order valence-corrected chi connectivity index (χ3v) is 5.48. The van der Waals surface area contributed by atoms with Gasteiger partial charge in [0.15, 0.2) is 5.96 Å².